The third kappa shape index (κ3) is 6.23. The van der Waals surface area contributed by atoms with Crippen molar-refractivity contribution >= 4 is 38.7 Å². The number of sulfonamides is 1. The number of rotatable bonds is 8. The number of anilines is 2. The Balaban J connectivity index is 1.47. The molecule has 1 atom stereocenters. The molecule has 1 saturated heterocycles. The van der Waals surface area contributed by atoms with Gasteiger partial charge in [-0.25, -0.2) is 8.42 Å². The summed E-state index contributed by atoms with van der Waals surface area (Å²) >= 11 is 0. The van der Waals surface area contributed by atoms with E-state index in [4.69, 9.17) is 4.99 Å². The van der Waals surface area contributed by atoms with Gasteiger partial charge in [-0.05, 0) is 92.7 Å². The van der Waals surface area contributed by atoms with Gasteiger partial charge in [-0.1, -0.05) is 49.4 Å². The summed E-state index contributed by atoms with van der Waals surface area (Å²) in [4.78, 5) is 20.8. The summed E-state index contributed by atoms with van der Waals surface area (Å²) in [5.74, 6) is -0.0629. The molecule has 7 nitrogen and oxygen atoms in total. The Hall–Kier alpha value is -3.49. The average Bonchev–Trinajstić information content (AvgIpc) is 3.24. The Labute approximate surface area is 231 Å². The fourth-order valence-electron chi connectivity index (χ4n) is 5.08. The fourth-order valence-corrected chi connectivity index (χ4v) is 5.77. The summed E-state index contributed by atoms with van der Waals surface area (Å²) in [6.45, 7) is 8.76. The second kappa shape index (κ2) is 11.3. The van der Waals surface area contributed by atoms with Crippen LogP contribution in [-0.4, -0.2) is 43.3 Å². The van der Waals surface area contributed by atoms with E-state index in [9.17, 15) is 13.2 Å². The molecule has 0 aliphatic carbocycles. The number of benzene rings is 3. The van der Waals surface area contributed by atoms with Crippen LogP contribution in [0.25, 0.3) is 0 Å². The topological polar surface area (TPSA) is 90.9 Å². The lowest BCUT2D eigenvalue weighted by Crippen LogP contribution is -2.32. The lowest BCUT2D eigenvalue weighted by Gasteiger charge is -2.30. The molecule has 0 spiro atoms. The van der Waals surface area contributed by atoms with Crippen LogP contribution in [0.1, 0.15) is 56.2 Å². The quantitative estimate of drug-likeness (QED) is 0.344. The van der Waals surface area contributed by atoms with E-state index >= 15 is 0 Å². The van der Waals surface area contributed by atoms with Crippen molar-refractivity contribution in [2.45, 2.75) is 51.3 Å². The summed E-state index contributed by atoms with van der Waals surface area (Å²) in [6, 6.07) is 23.1. The first kappa shape index (κ1) is 27.1. The van der Waals surface area contributed by atoms with Crippen LogP contribution in [-0.2, 0) is 21.4 Å². The molecule has 0 saturated carbocycles. The molecule has 3 aromatic carbocycles. The van der Waals surface area contributed by atoms with Gasteiger partial charge in [-0.15, -0.1) is 0 Å². The van der Waals surface area contributed by atoms with Crippen molar-refractivity contribution in [1.29, 1.82) is 0 Å². The smallest absolute Gasteiger partial charge is 0.238 e. The number of fused-ring (bicyclic) bond motifs is 1. The number of hydrogen-bond donors (Lipinski definition) is 2. The first-order valence-corrected chi connectivity index (χ1v) is 15.2. The van der Waals surface area contributed by atoms with Gasteiger partial charge < -0.3 is 5.32 Å². The van der Waals surface area contributed by atoms with Gasteiger partial charge in [-0.3, -0.25) is 19.4 Å². The van der Waals surface area contributed by atoms with Crippen LogP contribution >= 0.6 is 0 Å². The van der Waals surface area contributed by atoms with E-state index in [0.29, 0.717) is 22.6 Å². The van der Waals surface area contributed by atoms with Crippen molar-refractivity contribution in [2.24, 2.45) is 10.9 Å². The number of nitrogens with one attached hydrogen (secondary N) is 2. The molecule has 2 heterocycles. The first-order valence-electron chi connectivity index (χ1n) is 13.6. The second-order valence-corrected chi connectivity index (χ2v) is 13.1. The van der Waals surface area contributed by atoms with E-state index in [-0.39, 0.29) is 5.91 Å². The highest BCUT2D eigenvalue weighted by Crippen LogP contribution is 2.38. The summed E-state index contributed by atoms with van der Waals surface area (Å²) in [7, 11) is -3.53. The highest BCUT2D eigenvalue weighted by molar-refractivity contribution is 7.93. The lowest BCUT2D eigenvalue weighted by atomic mass is 9.90. The molecule has 2 N–H and O–H groups in total. The molecular weight excluding hydrogens is 508 g/mol. The predicted molar refractivity (Wildman–Crippen MR) is 158 cm³/mol. The average molecular weight is 545 g/mol. The van der Waals surface area contributed by atoms with Crippen LogP contribution < -0.4 is 10.0 Å². The SMILES string of the molecule is CC1CCN(Cc2ccc(N=C(c3ccccc3)C3C(=O)Nc4ccc(NS(=O)(=O)C(C)C)cc43)cc2)CC1. The van der Waals surface area contributed by atoms with Crippen LogP contribution in [0.2, 0.25) is 0 Å². The summed E-state index contributed by atoms with van der Waals surface area (Å²) in [5.41, 5.74) is 5.25. The Morgan fingerprint density at radius 2 is 1.72 bits per heavy atom. The molecular formula is C31H36N4O3S. The molecule has 204 valence electrons. The van der Waals surface area contributed by atoms with Gasteiger partial charge in [0.1, 0.15) is 5.92 Å². The zero-order chi connectivity index (χ0) is 27.6. The zero-order valence-corrected chi connectivity index (χ0v) is 23.5. The zero-order valence-electron chi connectivity index (χ0n) is 22.7. The third-order valence-electron chi connectivity index (χ3n) is 7.57. The first-order chi connectivity index (χ1) is 18.7. The molecule has 0 radical (unpaired) electrons. The molecule has 39 heavy (non-hydrogen) atoms. The maximum atomic E-state index is 13.3. The number of carbonyl (C=O) groups is 1. The monoisotopic (exact) mass is 544 g/mol. The van der Waals surface area contributed by atoms with E-state index < -0.39 is 21.2 Å². The van der Waals surface area contributed by atoms with Crippen LogP contribution in [0, 0.1) is 5.92 Å². The highest BCUT2D eigenvalue weighted by Gasteiger charge is 2.36. The van der Waals surface area contributed by atoms with Crippen molar-refractivity contribution in [3.63, 3.8) is 0 Å². The van der Waals surface area contributed by atoms with Crippen LogP contribution in [0.5, 0.6) is 0 Å². The number of nitrogens with zero attached hydrogens (tertiary/aromatic N) is 2. The molecule has 3 aromatic rings. The molecule has 1 fully saturated rings. The largest absolute Gasteiger partial charge is 0.325 e. The molecule has 1 amide bonds. The molecule has 1 unspecified atom stereocenters. The Kier molecular flexibility index (Phi) is 7.86. The third-order valence-corrected chi connectivity index (χ3v) is 9.34. The van der Waals surface area contributed by atoms with Crippen molar-refractivity contribution < 1.29 is 13.2 Å². The standard InChI is InChI=1S/C31H36N4O3S/c1-21(2)39(37,38)34-26-13-14-28-27(19-26)29(31(36)33-28)30(24-7-5-4-6-8-24)32-25-11-9-23(10-12-25)20-35-17-15-22(3)16-18-35/h4-14,19,21-22,29,34H,15-18,20H2,1-3H3,(H,33,36). The molecule has 8 heteroatoms. The summed E-state index contributed by atoms with van der Waals surface area (Å²) < 4.78 is 27.6. The van der Waals surface area contributed by atoms with Crippen molar-refractivity contribution in [3.8, 4) is 0 Å². The minimum Gasteiger partial charge on any atom is -0.325 e. The van der Waals surface area contributed by atoms with Gasteiger partial charge >= 0.3 is 0 Å². The Morgan fingerprint density at radius 1 is 1.03 bits per heavy atom. The van der Waals surface area contributed by atoms with Crippen LogP contribution in [0.3, 0.4) is 0 Å². The molecule has 5 rings (SSSR count). The molecule has 0 bridgehead atoms. The van der Waals surface area contributed by atoms with Crippen LogP contribution in [0.15, 0.2) is 77.8 Å². The van der Waals surface area contributed by atoms with Gasteiger partial charge in [0.25, 0.3) is 0 Å². The van der Waals surface area contributed by atoms with Crippen molar-refractivity contribution in [1.82, 2.24) is 4.90 Å². The Bertz CT molecular complexity index is 1460. The maximum Gasteiger partial charge on any atom is 0.238 e. The number of aliphatic imine (C=N–C) groups is 1. The summed E-state index contributed by atoms with van der Waals surface area (Å²) in [6.07, 6.45) is 2.49. The van der Waals surface area contributed by atoms with Crippen molar-refractivity contribution in [3.05, 3.63) is 89.5 Å². The van der Waals surface area contributed by atoms with E-state index in [1.165, 1.54) is 18.4 Å². The minimum atomic E-state index is -3.53. The van der Waals surface area contributed by atoms with Crippen molar-refractivity contribution in [2.75, 3.05) is 23.1 Å². The second-order valence-electron chi connectivity index (χ2n) is 10.9. The van der Waals surface area contributed by atoms with Gasteiger partial charge in [0.05, 0.1) is 16.6 Å². The van der Waals surface area contributed by atoms with E-state index in [1.807, 2.05) is 42.5 Å². The van der Waals surface area contributed by atoms with E-state index in [2.05, 4.69) is 34.0 Å². The van der Waals surface area contributed by atoms with E-state index in [0.717, 1.165) is 36.8 Å². The van der Waals surface area contributed by atoms with Gasteiger partial charge in [0.2, 0.25) is 15.9 Å². The fraction of sp³-hybridized carbons (Fsp3) is 0.355. The Morgan fingerprint density at radius 3 is 2.38 bits per heavy atom. The molecule has 2 aliphatic heterocycles. The van der Waals surface area contributed by atoms with Gasteiger partial charge in [0.15, 0.2) is 0 Å². The lowest BCUT2D eigenvalue weighted by molar-refractivity contribution is -0.115. The number of amides is 1. The number of carbonyl (C=O) groups excluding carboxylic acids is 1. The van der Waals surface area contributed by atoms with Crippen LogP contribution in [0.4, 0.5) is 17.1 Å². The molecule has 0 aromatic heterocycles. The number of piperidine rings is 1. The number of likely N-dealkylation sites (tertiary alicyclic amines) is 1. The predicted octanol–water partition coefficient (Wildman–Crippen LogP) is 5.93. The highest BCUT2D eigenvalue weighted by atomic mass is 32.2. The minimum absolute atomic E-state index is 0.188. The maximum absolute atomic E-state index is 13.3. The summed E-state index contributed by atoms with van der Waals surface area (Å²) in [5, 5.41) is 2.37. The van der Waals surface area contributed by atoms with Gasteiger partial charge in [0, 0.05) is 17.9 Å². The normalized spacial score (nSPS) is 18.7. The molecule has 2 aliphatic rings. The van der Waals surface area contributed by atoms with E-state index in [1.54, 1.807) is 32.0 Å². The van der Waals surface area contributed by atoms with Gasteiger partial charge in [-0.2, -0.15) is 0 Å². The number of hydrogen-bond acceptors (Lipinski definition) is 5.